The van der Waals surface area contributed by atoms with Crippen molar-refractivity contribution in [2.75, 3.05) is 26.2 Å². The zero-order valence-corrected chi connectivity index (χ0v) is 36.5. The van der Waals surface area contributed by atoms with Crippen molar-refractivity contribution in [2.45, 2.75) is 228 Å². The molecule has 1 amide bonds. The number of ether oxygens (including phenoxy) is 4. The maximum absolute atomic E-state index is 14.1. The number of aliphatic hydroxyl groups excluding tert-OH is 1. The van der Waals surface area contributed by atoms with Crippen molar-refractivity contribution < 1.29 is 43.6 Å². The van der Waals surface area contributed by atoms with Gasteiger partial charge in [0.1, 0.15) is 23.6 Å². The smallest absolute Gasteiger partial charge is 0.319 e. The van der Waals surface area contributed by atoms with Gasteiger partial charge in [0, 0.05) is 32.2 Å². The molecule has 6 rings (SSSR count). The van der Waals surface area contributed by atoms with E-state index in [0.717, 1.165) is 103 Å². The highest BCUT2D eigenvalue weighted by Crippen LogP contribution is 2.43. The molecule has 6 fully saturated rings. The third kappa shape index (κ3) is 11.5. The molecule has 6 aliphatic rings. The number of quaternary nitrogens is 1. The van der Waals surface area contributed by atoms with Crippen LogP contribution in [0.25, 0.3) is 0 Å². The van der Waals surface area contributed by atoms with Crippen LogP contribution in [0.1, 0.15) is 168 Å². The van der Waals surface area contributed by atoms with Gasteiger partial charge >= 0.3 is 5.97 Å². The number of hydrogen-bond acceptors (Lipinski definition) is 12. The first kappa shape index (κ1) is 46.8. The summed E-state index contributed by atoms with van der Waals surface area (Å²) in [7, 11) is 0. The predicted octanol–water partition coefficient (Wildman–Crippen LogP) is 3.57. The Labute approximate surface area is 354 Å². The molecule has 0 bridgehead atoms. The Morgan fingerprint density at radius 1 is 0.915 bits per heavy atom. The van der Waals surface area contributed by atoms with Crippen LogP contribution in [0, 0.1) is 5.92 Å². The fourth-order valence-electron chi connectivity index (χ4n) is 11.3. The Morgan fingerprint density at radius 3 is 2.31 bits per heavy atom. The zero-order valence-electron chi connectivity index (χ0n) is 36.5. The van der Waals surface area contributed by atoms with E-state index < -0.39 is 23.8 Å². The first-order valence-electron chi connectivity index (χ1n) is 24.0. The molecular formula is C45H81N6O8+. The summed E-state index contributed by atoms with van der Waals surface area (Å²) >= 11 is 0. The largest absolute Gasteiger partial charge is 0.465 e. The molecule has 9 N–H and O–H groups in total. The van der Waals surface area contributed by atoms with Crippen LogP contribution in [0.3, 0.4) is 0 Å². The highest BCUT2D eigenvalue weighted by atomic mass is 16.7. The molecule has 2 spiro atoms. The standard InChI is InChI=1S/C45H80N6O8/c1-3-4-20-35-24-26-43(58-35)32-34-22-23-36-38(44(25-17-19-33(2)57-44)49-42(48-43)51(34)36)40(53)56-31-16-14-12-10-8-6-5-7-9-11-13-15-21-37-39(52)50(30-18-28-46)41(54)45(55,59-37)27-29-47/h4,20,33-38,41-42,48-49,54-55H,3,5-19,21-32,46-47H2,1-2H3/p+1. The van der Waals surface area contributed by atoms with E-state index in [0.29, 0.717) is 32.0 Å². The van der Waals surface area contributed by atoms with Crippen LogP contribution in [0.4, 0.5) is 0 Å². The van der Waals surface area contributed by atoms with E-state index in [1.807, 2.05) is 0 Å². The van der Waals surface area contributed by atoms with Gasteiger partial charge in [-0.2, -0.15) is 0 Å². The molecule has 0 aromatic carbocycles. The lowest BCUT2D eigenvalue weighted by Crippen LogP contribution is -3.28. The molecule has 59 heavy (non-hydrogen) atoms. The highest BCUT2D eigenvalue weighted by Gasteiger charge is 2.67. The SMILES string of the molecule is CCC=CC1CCC2(CC3CCC4C(C(=O)OCCCCCCCCCCCCCCC5OC(O)(CCN)C(O)N(CCCN)C5=O)C5(CCCC(C)O5)NC(N2)[NH+]34)O1. The summed E-state index contributed by atoms with van der Waals surface area (Å²) in [6.07, 6.45) is 25.9. The number of rotatable bonds is 23. The fourth-order valence-corrected chi connectivity index (χ4v) is 11.3. The minimum absolute atomic E-state index is 0.00707. The summed E-state index contributed by atoms with van der Waals surface area (Å²) in [4.78, 5) is 29.8. The minimum atomic E-state index is -1.85. The van der Waals surface area contributed by atoms with Gasteiger partial charge in [0.2, 0.25) is 12.1 Å². The van der Waals surface area contributed by atoms with Crippen molar-refractivity contribution in [2.24, 2.45) is 17.4 Å². The zero-order chi connectivity index (χ0) is 41.9. The number of aliphatic hydroxyl groups is 2. The molecule has 0 aliphatic carbocycles. The third-order valence-electron chi connectivity index (χ3n) is 14.3. The second-order valence-corrected chi connectivity index (χ2v) is 18.8. The molecule has 14 heteroatoms. The summed E-state index contributed by atoms with van der Waals surface area (Å²) in [6, 6.07) is 0.621. The highest BCUT2D eigenvalue weighted by molar-refractivity contribution is 5.82. The lowest BCUT2D eigenvalue weighted by atomic mass is 9.79. The summed E-state index contributed by atoms with van der Waals surface area (Å²) in [6.45, 7) is 5.59. The lowest BCUT2D eigenvalue weighted by molar-refractivity contribution is -0.985. The Hall–Kier alpha value is -1.72. The second kappa shape index (κ2) is 22.1. The van der Waals surface area contributed by atoms with Crippen LogP contribution in [-0.2, 0) is 28.5 Å². The van der Waals surface area contributed by atoms with E-state index in [2.05, 4.69) is 36.6 Å². The van der Waals surface area contributed by atoms with Crippen LogP contribution in [0.5, 0.6) is 0 Å². The first-order valence-corrected chi connectivity index (χ1v) is 24.0. The number of nitrogens with zero attached hydrogens (tertiary/aromatic N) is 1. The number of hydrogen-bond donors (Lipinski definition) is 7. The van der Waals surface area contributed by atoms with Gasteiger partial charge in [0.05, 0.1) is 24.9 Å². The van der Waals surface area contributed by atoms with Crippen molar-refractivity contribution in [3.63, 3.8) is 0 Å². The van der Waals surface area contributed by atoms with Gasteiger partial charge in [0.25, 0.3) is 5.91 Å². The number of nitrogens with two attached hydrogens (primary N) is 2. The van der Waals surface area contributed by atoms with E-state index in [9.17, 15) is 19.8 Å². The monoisotopic (exact) mass is 834 g/mol. The molecule has 14 nitrogen and oxygen atoms in total. The number of allylic oxidation sites excluding steroid dienone is 1. The molecule has 0 saturated carbocycles. The Bertz CT molecular complexity index is 1360. The van der Waals surface area contributed by atoms with Crippen molar-refractivity contribution in [1.82, 2.24) is 15.5 Å². The predicted molar refractivity (Wildman–Crippen MR) is 225 cm³/mol. The van der Waals surface area contributed by atoms with Gasteiger partial charge in [-0.05, 0) is 77.8 Å². The number of esters is 1. The van der Waals surface area contributed by atoms with Gasteiger partial charge in [-0.1, -0.05) is 89.7 Å². The Morgan fingerprint density at radius 2 is 1.63 bits per heavy atom. The molecule has 0 aromatic rings. The van der Waals surface area contributed by atoms with E-state index in [1.54, 1.807) is 0 Å². The molecule has 0 radical (unpaired) electrons. The molecular weight excluding hydrogens is 753 g/mol. The van der Waals surface area contributed by atoms with E-state index in [1.165, 1.54) is 41.9 Å². The fraction of sp³-hybridized carbons (Fsp3) is 0.911. The van der Waals surface area contributed by atoms with E-state index in [-0.39, 0.29) is 67.6 Å². The molecule has 0 aromatic heterocycles. The average Bonchev–Trinajstić information content (AvgIpc) is 3.81. The van der Waals surface area contributed by atoms with Gasteiger partial charge in [-0.25, -0.2) is 10.6 Å². The van der Waals surface area contributed by atoms with E-state index in [4.69, 9.17) is 30.4 Å². The summed E-state index contributed by atoms with van der Waals surface area (Å²) < 4.78 is 25.4. The number of carbonyl (C=O) groups is 2. The van der Waals surface area contributed by atoms with Crippen molar-refractivity contribution in [3.8, 4) is 0 Å². The van der Waals surface area contributed by atoms with Gasteiger partial charge < -0.3 is 50.4 Å². The lowest BCUT2D eigenvalue weighted by Gasteiger charge is -2.57. The van der Waals surface area contributed by atoms with Crippen molar-refractivity contribution in [3.05, 3.63) is 12.2 Å². The summed E-state index contributed by atoms with van der Waals surface area (Å²) in [5.74, 6) is -2.53. The maximum Gasteiger partial charge on any atom is 0.319 e. The van der Waals surface area contributed by atoms with Crippen LogP contribution in [0.2, 0.25) is 0 Å². The van der Waals surface area contributed by atoms with Gasteiger partial charge in [0.15, 0.2) is 12.1 Å². The average molecular weight is 834 g/mol. The number of unbranched alkanes of at least 4 members (excludes halogenated alkanes) is 11. The van der Waals surface area contributed by atoms with Crippen molar-refractivity contribution >= 4 is 11.9 Å². The quantitative estimate of drug-likeness (QED) is 0.0450. The number of morpholine rings is 1. The molecule has 6 aliphatic heterocycles. The van der Waals surface area contributed by atoms with Crippen LogP contribution in [0.15, 0.2) is 12.2 Å². The normalized spacial score (nSPS) is 38.2. The van der Waals surface area contributed by atoms with Gasteiger partial charge in [-0.15, -0.1) is 0 Å². The molecule has 6 saturated heterocycles. The minimum Gasteiger partial charge on any atom is -0.465 e. The maximum atomic E-state index is 14.1. The number of amides is 1. The topological polar surface area (TPSA) is 195 Å². The van der Waals surface area contributed by atoms with E-state index >= 15 is 0 Å². The number of nitrogens with one attached hydrogen (secondary N) is 3. The van der Waals surface area contributed by atoms with Crippen LogP contribution >= 0.6 is 0 Å². The third-order valence-corrected chi connectivity index (χ3v) is 14.3. The second-order valence-electron chi connectivity index (χ2n) is 18.8. The molecule has 12 atom stereocenters. The first-order chi connectivity index (χ1) is 28.6. The molecule has 338 valence electrons. The summed E-state index contributed by atoms with van der Waals surface area (Å²) in [5.41, 5.74) is 10.3. The Kier molecular flexibility index (Phi) is 17.5. The number of carbonyl (C=O) groups excluding carboxylic acids is 2. The van der Waals surface area contributed by atoms with Crippen LogP contribution < -0.4 is 27.0 Å². The summed E-state index contributed by atoms with van der Waals surface area (Å²) in [5, 5.41) is 29.4. The van der Waals surface area contributed by atoms with Gasteiger partial charge in [-0.3, -0.25) is 9.59 Å². The Balaban J connectivity index is 0.839. The van der Waals surface area contributed by atoms with Crippen molar-refractivity contribution in [1.29, 1.82) is 0 Å². The molecule has 12 unspecified atom stereocenters. The molecule has 6 heterocycles. The van der Waals surface area contributed by atoms with Crippen LogP contribution in [-0.4, -0.2) is 113 Å².